The highest BCUT2D eigenvalue weighted by Crippen LogP contribution is 2.41. The number of hydrogen-bond donors (Lipinski definition) is 0. The predicted molar refractivity (Wildman–Crippen MR) is 87.6 cm³/mol. The van der Waals surface area contributed by atoms with Crippen LogP contribution in [0.15, 0.2) is 40.1 Å². The van der Waals surface area contributed by atoms with Gasteiger partial charge in [0.2, 0.25) is 0 Å². The fourth-order valence-corrected chi connectivity index (χ4v) is 3.48. The van der Waals surface area contributed by atoms with Gasteiger partial charge in [0.15, 0.2) is 17.3 Å². The number of anilines is 1. The molecule has 0 N–H and O–H groups in total. The number of nitrogens with zero attached hydrogens (tertiary/aromatic N) is 5. The molecule has 2 aliphatic heterocycles. The van der Waals surface area contributed by atoms with Gasteiger partial charge < -0.3 is 9.42 Å². The highest BCUT2D eigenvalue weighted by atomic mass is 35.5. The highest BCUT2D eigenvalue weighted by Gasteiger charge is 2.35. The van der Waals surface area contributed by atoms with Crippen molar-refractivity contribution in [1.82, 2.24) is 14.7 Å². The van der Waals surface area contributed by atoms with Crippen molar-refractivity contribution in [3.05, 3.63) is 46.9 Å². The minimum absolute atomic E-state index is 0.660. The Morgan fingerprint density at radius 1 is 1.30 bits per heavy atom. The van der Waals surface area contributed by atoms with Gasteiger partial charge in [-0.05, 0) is 19.1 Å². The van der Waals surface area contributed by atoms with Crippen molar-refractivity contribution in [3.8, 4) is 17.1 Å². The molecule has 0 saturated heterocycles. The lowest BCUT2D eigenvalue weighted by Gasteiger charge is -2.29. The van der Waals surface area contributed by atoms with E-state index in [4.69, 9.17) is 16.1 Å². The first kappa shape index (κ1) is 12.9. The molecule has 2 aromatic heterocycles. The smallest absolute Gasteiger partial charge is 0.189 e. The number of imidazole rings is 1. The van der Waals surface area contributed by atoms with Gasteiger partial charge in [0.05, 0.1) is 28.5 Å². The first-order valence-corrected chi connectivity index (χ1v) is 7.74. The molecule has 7 heteroatoms. The number of halogens is 1. The van der Waals surface area contributed by atoms with Gasteiger partial charge in [0.1, 0.15) is 12.2 Å². The first-order valence-electron chi connectivity index (χ1n) is 7.36. The van der Waals surface area contributed by atoms with E-state index in [0.717, 1.165) is 47.4 Å². The van der Waals surface area contributed by atoms with Crippen LogP contribution >= 0.6 is 11.6 Å². The zero-order valence-corrected chi connectivity index (χ0v) is 13.1. The summed E-state index contributed by atoms with van der Waals surface area (Å²) in [5.74, 6) is 2.51. The van der Waals surface area contributed by atoms with Crippen LogP contribution in [0.25, 0.3) is 17.1 Å². The number of fused-ring (bicyclic) bond motifs is 6. The third-order valence-corrected chi connectivity index (χ3v) is 4.49. The molecule has 0 amide bonds. The number of aliphatic imine (C=N–C) groups is 1. The Hall–Kier alpha value is -2.60. The van der Waals surface area contributed by atoms with Crippen LogP contribution in [0.3, 0.4) is 0 Å². The Morgan fingerprint density at radius 3 is 3.04 bits per heavy atom. The van der Waals surface area contributed by atoms with E-state index in [1.54, 1.807) is 6.33 Å². The summed E-state index contributed by atoms with van der Waals surface area (Å²) in [5, 5.41) is 4.67. The summed E-state index contributed by atoms with van der Waals surface area (Å²) in [6, 6.07) is 7.75. The average molecular weight is 326 g/mol. The van der Waals surface area contributed by atoms with E-state index in [1.807, 2.05) is 35.8 Å². The van der Waals surface area contributed by atoms with Crippen LogP contribution in [0, 0.1) is 6.92 Å². The van der Waals surface area contributed by atoms with Gasteiger partial charge in [-0.3, -0.25) is 9.56 Å². The molecule has 0 atom stereocenters. The van der Waals surface area contributed by atoms with Crippen LogP contribution in [0.5, 0.6) is 0 Å². The zero-order chi connectivity index (χ0) is 15.6. The quantitative estimate of drug-likeness (QED) is 0.690. The van der Waals surface area contributed by atoms with Crippen LogP contribution < -0.4 is 4.90 Å². The second-order valence-corrected chi connectivity index (χ2v) is 6.02. The van der Waals surface area contributed by atoms with E-state index >= 15 is 0 Å². The van der Waals surface area contributed by atoms with Crippen molar-refractivity contribution in [3.63, 3.8) is 0 Å². The molecule has 3 aromatic rings. The minimum atomic E-state index is 0.660. The number of aryl methyl sites for hydroxylation is 1. The van der Waals surface area contributed by atoms with Crippen molar-refractivity contribution in [2.75, 3.05) is 18.0 Å². The number of hydrogen-bond acceptors (Lipinski definition) is 5. The molecule has 23 heavy (non-hydrogen) atoms. The number of benzene rings is 1. The molecular formula is C16H12ClN5O. The Balaban J connectivity index is 1.82. The lowest BCUT2D eigenvalue weighted by Crippen LogP contribution is -2.35. The van der Waals surface area contributed by atoms with Gasteiger partial charge in [-0.2, -0.15) is 0 Å². The lowest BCUT2D eigenvalue weighted by atomic mass is 10.1. The predicted octanol–water partition coefficient (Wildman–Crippen LogP) is 3.07. The monoisotopic (exact) mass is 325 g/mol. The van der Waals surface area contributed by atoms with Crippen LogP contribution in [0.2, 0.25) is 5.02 Å². The summed E-state index contributed by atoms with van der Waals surface area (Å²) < 4.78 is 7.46. The largest absolute Gasteiger partial charge is 0.354 e. The molecule has 5 rings (SSSR count). The molecule has 0 fully saturated rings. The lowest BCUT2D eigenvalue weighted by molar-refractivity contribution is 0.426. The molecule has 0 aliphatic carbocycles. The van der Waals surface area contributed by atoms with Gasteiger partial charge in [0, 0.05) is 12.6 Å². The SMILES string of the molecule is Cc1cc(-c2ncn3c2N2CCN=C2c2c(Cl)cccc2-3)on1. The molecule has 0 bridgehead atoms. The normalized spacial score (nSPS) is 15.2. The maximum absolute atomic E-state index is 6.43. The fraction of sp³-hybridized carbons (Fsp3) is 0.188. The molecule has 0 radical (unpaired) electrons. The van der Waals surface area contributed by atoms with Crippen LogP contribution in [0.1, 0.15) is 11.3 Å². The van der Waals surface area contributed by atoms with Gasteiger partial charge in [-0.15, -0.1) is 0 Å². The third-order valence-electron chi connectivity index (χ3n) is 4.17. The van der Waals surface area contributed by atoms with E-state index in [-0.39, 0.29) is 0 Å². The van der Waals surface area contributed by atoms with Gasteiger partial charge in [0.25, 0.3) is 0 Å². The number of aromatic nitrogens is 3. The molecule has 1 aromatic carbocycles. The van der Waals surface area contributed by atoms with Crippen molar-refractivity contribution < 1.29 is 4.52 Å². The Labute approximate surface area is 137 Å². The standard InChI is InChI=1S/C16H12ClN5O/c1-9-7-12(23-20-9)14-16-21-6-5-18-15(21)13-10(17)3-2-4-11(13)22(16)8-19-14/h2-4,7-8H,5-6H2,1H3. The van der Waals surface area contributed by atoms with E-state index in [1.165, 1.54) is 0 Å². The summed E-state index contributed by atoms with van der Waals surface area (Å²) in [4.78, 5) is 11.4. The third kappa shape index (κ3) is 1.66. The van der Waals surface area contributed by atoms with E-state index < -0.39 is 0 Å². The Morgan fingerprint density at radius 2 is 2.22 bits per heavy atom. The Kier molecular flexibility index (Phi) is 2.50. The second kappa shape index (κ2) is 4.45. The topological polar surface area (TPSA) is 59.5 Å². The summed E-state index contributed by atoms with van der Waals surface area (Å²) >= 11 is 6.43. The van der Waals surface area contributed by atoms with Crippen LogP contribution in [-0.4, -0.2) is 33.6 Å². The summed E-state index contributed by atoms with van der Waals surface area (Å²) in [5.41, 5.74) is 3.54. The van der Waals surface area contributed by atoms with Crippen LogP contribution in [-0.2, 0) is 0 Å². The number of rotatable bonds is 1. The number of amidine groups is 1. The molecule has 0 saturated carbocycles. The summed E-state index contributed by atoms with van der Waals surface area (Å²) in [6.07, 6.45) is 1.80. The van der Waals surface area contributed by atoms with Crippen LogP contribution in [0.4, 0.5) is 5.82 Å². The minimum Gasteiger partial charge on any atom is -0.354 e. The van der Waals surface area contributed by atoms with Crippen molar-refractivity contribution in [1.29, 1.82) is 0 Å². The Bertz CT molecular complexity index is 971. The molecule has 4 heterocycles. The maximum Gasteiger partial charge on any atom is 0.189 e. The fourth-order valence-electron chi connectivity index (χ4n) is 3.23. The average Bonchev–Trinajstić information content (AvgIpc) is 3.24. The van der Waals surface area contributed by atoms with Gasteiger partial charge >= 0.3 is 0 Å². The zero-order valence-electron chi connectivity index (χ0n) is 12.3. The first-order chi connectivity index (χ1) is 11.2. The van der Waals surface area contributed by atoms with E-state index in [9.17, 15) is 0 Å². The maximum atomic E-state index is 6.43. The summed E-state index contributed by atoms with van der Waals surface area (Å²) in [6.45, 7) is 3.43. The van der Waals surface area contributed by atoms with Gasteiger partial charge in [-0.1, -0.05) is 22.8 Å². The van der Waals surface area contributed by atoms with Gasteiger partial charge in [-0.25, -0.2) is 4.98 Å². The van der Waals surface area contributed by atoms with Crippen molar-refractivity contribution in [2.24, 2.45) is 4.99 Å². The van der Waals surface area contributed by atoms with E-state index in [0.29, 0.717) is 10.8 Å². The molecule has 114 valence electrons. The molecule has 2 aliphatic rings. The van der Waals surface area contributed by atoms with Crippen molar-refractivity contribution in [2.45, 2.75) is 6.92 Å². The molecule has 6 nitrogen and oxygen atoms in total. The second-order valence-electron chi connectivity index (χ2n) is 5.61. The van der Waals surface area contributed by atoms with E-state index in [2.05, 4.69) is 20.0 Å². The van der Waals surface area contributed by atoms with Crippen molar-refractivity contribution >= 4 is 23.3 Å². The summed E-state index contributed by atoms with van der Waals surface area (Å²) in [7, 11) is 0. The molecule has 0 spiro atoms. The molecular weight excluding hydrogens is 314 g/mol. The highest BCUT2D eigenvalue weighted by molar-refractivity contribution is 6.36. The molecule has 0 unspecified atom stereocenters.